The number of rotatable bonds is 4. The van der Waals surface area contributed by atoms with E-state index in [1.165, 1.54) is 0 Å². The van der Waals surface area contributed by atoms with Crippen molar-refractivity contribution in [3.8, 4) is 23.7 Å². The number of carbonyl (C=O) groups excluding carboxylic acids is 2. The minimum atomic E-state index is -0.989. The molecule has 0 saturated carbocycles. The van der Waals surface area contributed by atoms with Crippen LogP contribution in [0.4, 0.5) is 0 Å². The molecule has 0 aliphatic rings. The summed E-state index contributed by atoms with van der Waals surface area (Å²) in [5, 5.41) is 0. The van der Waals surface area contributed by atoms with E-state index in [0.29, 0.717) is 0 Å². The summed E-state index contributed by atoms with van der Waals surface area (Å²) in [7, 11) is 0. The predicted octanol–water partition coefficient (Wildman–Crippen LogP) is 1.39. The lowest BCUT2D eigenvalue weighted by atomic mass is 10.2. The Morgan fingerprint density at radius 3 is 1.50 bits per heavy atom. The summed E-state index contributed by atoms with van der Waals surface area (Å²) in [6, 6.07) is 0. The Balaban J connectivity index is 3.98. The molecule has 4 heteroatoms. The van der Waals surface area contributed by atoms with E-state index in [-0.39, 0.29) is 25.0 Å². The number of carbonyl (C=O) groups is 2. The van der Waals surface area contributed by atoms with Crippen molar-refractivity contribution in [1.29, 1.82) is 0 Å². The molecule has 0 radical (unpaired) electrons. The molecule has 98 valence electrons. The molecule has 0 bridgehead atoms. The summed E-state index contributed by atoms with van der Waals surface area (Å²) in [4.78, 5) is 22.5. The highest BCUT2D eigenvalue weighted by atomic mass is 16.6. The number of ether oxygens (including phenoxy) is 2. The summed E-state index contributed by atoms with van der Waals surface area (Å²) >= 11 is 0. The first-order valence-corrected chi connectivity index (χ1v) is 5.69. The van der Waals surface area contributed by atoms with Crippen LogP contribution in [0.2, 0.25) is 0 Å². The number of hydrogen-bond donors (Lipinski definition) is 0. The molecule has 0 aliphatic heterocycles. The molecule has 0 amide bonds. The second kappa shape index (κ2) is 9.13. The standard InChI is InChI=1S/C14H18O4/c1-5-7-11(3)9-17-13(15)14(16)18-10-12(4)8-6-2/h11-12H,9-10H2,1-4H3. The van der Waals surface area contributed by atoms with E-state index in [1.54, 1.807) is 27.7 Å². The summed E-state index contributed by atoms with van der Waals surface area (Å²) in [5.74, 6) is 8.84. The van der Waals surface area contributed by atoms with E-state index < -0.39 is 11.9 Å². The van der Waals surface area contributed by atoms with Gasteiger partial charge in [-0.3, -0.25) is 0 Å². The maximum atomic E-state index is 11.2. The molecular weight excluding hydrogens is 232 g/mol. The van der Waals surface area contributed by atoms with Crippen molar-refractivity contribution in [3.05, 3.63) is 0 Å². The van der Waals surface area contributed by atoms with Gasteiger partial charge in [0.1, 0.15) is 13.2 Å². The first-order chi connectivity index (χ1) is 8.51. The van der Waals surface area contributed by atoms with Gasteiger partial charge in [0.05, 0.1) is 11.8 Å². The van der Waals surface area contributed by atoms with Crippen molar-refractivity contribution in [1.82, 2.24) is 0 Å². The third-order valence-corrected chi connectivity index (χ3v) is 1.88. The van der Waals surface area contributed by atoms with Gasteiger partial charge in [-0.05, 0) is 27.7 Å². The molecule has 2 atom stereocenters. The lowest BCUT2D eigenvalue weighted by molar-refractivity contribution is -0.168. The SMILES string of the molecule is CC#CC(C)COC(=O)C(=O)OCC(C)C#CC. The van der Waals surface area contributed by atoms with Crippen LogP contribution in [0.1, 0.15) is 27.7 Å². The van der Waals surface area contributed by atoms with Crippen LogP contribution in [0.15, 0.2) is 0 Å². The summed E-state index contributed by atoms with van der Waals surface area (Å²) in [6.07, 6.45) is 0. The normalized spacial score (nSPS) is 12.0. The fraction of sp³-hybridized carbons (Fsp3) is 0.571. The molecule has 0 aliphatic carbocycles. The van der Waals surface area contributed by atoms with E-state index in [2.05, 4.69) is 23.7 Å². The Labute approximate surface area is 108 Å². The highest BCUT2D eigenvalue weighted by molar-refractivity contribution is 6.29. The van der Waals surface area contributed by atoms with Crippen LogP contribution in [0.25, 0.3) is 0 Å². The van der Waals surface area contributed by atoms with Crippen molar-refractivity contribution >= 4 is 11.9 Å². The van der Waals surface area contributed by atoms with Crippen LogP contribution in [0, 0.1) is 35.5 Å². The monoisotopic (exact) mass is 250 g/mol. The van der Waals surface area contributed by atoms with E-state index in [1.807, 2.05) is 0 Å². The lowest BCUT2D eigenvalue weighted by Crippen LogP contribution is -2.24. The zero-order chi connectivity index (χ0) is 14.0. The molecule has 0 saturated heterocycles. The third kappa shape index (κ3) is 7.35. The molecule has 18 heavy (non-hydrogen) atoms. The Morgan fingerprint density at radius 2 is 1.22 bits per heavy atom. The van der Waals surface area contributed by atoms with Gasteiger partial charge in [0, 0.05) is 0 Å². The molecule has 0 aromatic carbocycles. The molecule has 0 N–H and O–H groups in total. The second-order valence-corrected chi connectivity index (χ2v) is 3.79. The molecular formula is C14H18O4. The van der Waals surface area contributed by atoms with Crippen LogP contribution in [-0.2, 0) is 19.1 Å². The Morgan fingerprint density at radius 1 is 0.889 bits per heavy atom. The molecule has 0 rings (SSSR count). The number of hydrogen-bond acceptors (Lipinski definition) is 4. The Hall–Kier alpha value is -1.94. The van der Waals surface area contributed by atoms with Crippen molar-refractivity contribution in [3.63, 3.8) is 0 Å². The molecule has 0 aromatic heterocycles. The summed E-state index contributed by atoms with van der Waals surface area (Å²) in [6.45, 7) is 7.16. The largest absolute Gasteiger partial charge is 0.456 e. The van der Waals surface area contributed by atoms with Gasteiger partial charge in [-0.15, -0.1) is 11.8 Å². The van der Waals surface area contributed by atoms with E-state index in [0.717, 1.165) is 0 Å². The van der Waals surface area contributed by atoms with Gasteiger partial charge < -0.3 is 9.47 Å². The Bertz CT molecular complexity index is 363. The average Bonchev–Trinajstić information content (AvgIpc) is 2.33. The van der Waals surface area contributed by atoms with Crippen molar-refractivity contribution in [2.24, 2.45) is 11.8 Å². The quantitative estimate of drug-likeness (QED) is 0.430. The molecule has 0 aromatic rings. The van der Waals surface area contributed by atoms with Gasteiger partial charge in [0.25, 0.3) is 0 Å². The second-order valence-electron chi connectivity index (χ2n) is 3.79. The van der Waals surface area contributed by atoms with Crippen LogP contribution in [0.5, 0.6) is 0 Å². The van der Waals surface area contributed by atoms with Crippen molar-refractivity contribution in [2.75, 3.05) is 13.2 Å². The first-order valence-electron chi connectivity index (χ1n) is 5.69. The zero-order valence-corrected chi connectivity index (χ0v) is 11.2. The smallest absolute Gasteiger partial charge is 0.417 e. The highest BCUT2D eigenvalue weighted by Crippen LogP contribution is 1.97. The predicted molar refractivity (Wildman–Crippen MR) is 67.1 cm³/mol. The van der Waals surface area contributed by atoms with Crippen LogP contribution in [0.3, 0.4) is 0 Å². The Kier molecular flexibility index (Phi) is 8.14. The van der Waals surface area contributed by atoms with Crippen molar-refractivity contribution < 1.29 is 19.1 Å². The molecule has 0 heterocycles. The maximum absolute atomic E-state index is 11.2. The molecule has 0 fully saturated rings. The van der Waals surface area contributed by atoms with Gasteiger partial charge in [0.2, 0.25) is 0 Å². The topological polar surface area (TPSA) is 52.6 Å². The van der Waals surface area contributed by atoms with Crippen LogP contribution < -0.4 is 0 Å². The van der Waals surface area contributed by atoms with Crippen LogP contribution >= 0.6 is 0 Å². The number of esters is 2. The minimum Gasteiger partial charge on any atom is -0.456 e. The minimum absolute atomic E-state index is 0.0824. The zero-order valence-electron chi connectivity index (χ0n) is 11.2. The van der Waals surface area contributed by atoms with Gasteiger partial charge in [0.15, 0.2) is 0 Å². The fourth-order valence-corrected chi connectivity index (χ4v) is 1.10. The summed E-state index contributed by atoms with van der Waals surface area (Å²) < 4.78 is 9.52. The van der Waals surface area contributed by atoms with Crippen molar-refractivity contribution in [2.45, 2.75) is 27.7 Å². The lowest BCUT2D eigenvalue weighted by Gasteiger charge is -2.08. The summed E-state index contributed by atoms with van der Waals surface area (Å²) in [5.41, 5.74) is 0. The average molecular weight is 250 g/mol. The van der Waals surface area contributed by atoms with E-state index >= 15 is 0 Å². The van der Waals surface area contributed by atoms with Crippen LogP contribution in [-0.4, -0.2) is 25.2 Å². The van der Waals surface area contributed by atoms with E-state index in [9.17, 15) is 9.59 Å². The van der Waals surface area contributed by atoms with Gasteiger partial charge in [-0.1, -0.05) is 11.8 Å². The van der Waals surface area contributed by atoms with E-state index in [4.69, 9.17) is 9.47 Å². The molecule has 2 unspecified atom stereocenters. The first kappa shape index (κ1) is 16.1. The fourth-order valence-electron chi connectivity index (χ4n) is 1.10. The van der Waals surface area contributed by atoms with Gasteiger partial charge in [-0.2, -0.15) is 0 Å². The van der Waals surface area contributed by atoms with Gasteiger partial charge >= 0.3 is 11.9 Å². The molecule has 4 nitrogen and oxygen atoms in total. The van der Waals surface area contributed by atoms with Gasteiger partial charge in [-0.25, -0.2) is 9.59 Å². The third-order valence-electron chi connectivity index (χ3n) is 1.88. The highest BCUT2D eigenvalue weighted by Gasteiger charge is 2.18. The molecule has 0 spiro atoms. The maximum Gasteiger partial charge on any atom is 0.417 e.